The lowest BCUT2D eigenvalue weighted by Gasteiger charge is -2.36. The number of benzene rings is 1. The molecule has 0 spiro atoms. The molecule has 0 aliphatic carbocycles. The molecule has 3 fully saturated rings. The molecule has 5 heteroatoms. The fourth-order valence-electron chi connectivity index (χ4n) is 4.80. The number of aromatic amines is 1. The minimum Gasteiger partial charge on any atom is -0.334 e. The van der Waals surface area contributed by atoms with Crippen LogP contribution in [0.4, 0.5) is 0 Å². The van der Waals surface area contributed by atoms with Gasteiger partial charge in [-0.15, -0.1) is 0 Å². The summed E-state index contributed by atoms with van der Waals surface area (Å²) in [5.74, 6) is 0.398. The highest BCUT2D eigenvalue weighted by molar-refractivity contribution is 5.94. The Labute approximate surface area is 172 Å². The van der Waals surface area contributed by atoms with E-state index in [9.17, 15) is 9.59 Å². The van der Waals surface area contributed by atoms with Crippen LogP contribution < -0.4 is 5.56 Å². The highest BCUT2D eigenvalue weighted by atomic mass is 16.2. The highest BCUT2D eigenvalue weighted by Gasteiger charge is 2.37. The third-order valence-corrected chi connectivity index (χ3v) is 6.56. The SMILES string of the molecule is Cc1cc(C(=O)N2C[C@H]3CC[C@@H]2CN(CCCc2ccccc2)C3)c(=O)[nH]c1C. The summed E-state index contributed by atoms with van der Waals surface area (Å²) in [6, 6.07) is 12.6. The summed E-state index contributed by atoms with van der Waals surface area (Å²) >= 11 is 0. The van der Waals surface area contributed by atoms with E-state index in [4.69, 9.17) is 0 Å². The maximum absolute atomic E-state index is 13.2. The first-order chi connectivity index (χ1) is 14.0. The van der Waals surface area contributed by atoms with Crippen LogP contribution in [-0.4, -0.2) is 52.9 Å². The van der Waals surface area contributed by atoms with Gasteiger partial charge in [0.05, 0.1) is 0 Å². The zero-order valence-corrected chi connectivity index (χ0v) is 17.5. The Hall–Kier alpha value is -2.40. The maximum Gasteiger partial charge on any atom is 0.261 e. The number of piperidine rings is 1. The van der Waals surface area contributed by atoms with Crippen LogP contribution in [0.15, 0.2) is 41.2 Å². The first-order valence-corrected chi connectivity index (χ1v) is 10.8. The van der Waals surface area contributed by atoms with E-state index < -0.39 is 0 Å². The largest absolute Gasteiger partial charge is 0.334 e. The Kier molecular flexibility index (Phi) is 5.86. The number of pyridine rings is 1. The van der Waals surface area contributed by atoms with Gasteiger partial charge >= 0.3 is 0 Å². The Bertz CT molecular complexity index is 921. The summed E-state index contributed by atoms with van der Waals surface area (Å²) in [6.45, 7) is 7.61. The summed E-state index contributed by atoms with van der Waals surface area (Å²) < 4.78 is 0. The summed E-state index contributed by atoms with van der Waals surface area (Å²) in [5.41, 5.74) is 3.19. The summed E-state index contributed by atoms with van der Waals surface area (Å²) in [5, 5.41) is 0. The van der Waals surface area contributed by atoms with Crippen molar-refractivity contribution in [1.82, 2.24) is 14.8 Å². The first kappa shape index (κ1) is 19.9. The molecule has 4 heterocycles. The van der Waals surface area contributed by atoms with Crippen LogP contribution in [0.25, 0.3) is 0 Å². The van der Waals surface area contributed by atoms with Crippen molar-refractivity contribution in [3.05, 3.63) is 69.1 Å². The monoisotopic (exact) mass is 393 g/mol. The van der Waals surface area contributed by atoms with Gasteiger partial charge in [-0.05, 0) is 69.2 Å². The molecular formula is C24H31N3O2. The molecule has 2 atom stereocenters. The molecule has 154 valence electrons. The first-order valence-electron chi connectivity index (χ1n) is 10.8. The van der Waals surface area contributed by atoms with E-state index in [1.165, 1.54) is 12.0 Å². The van der Waals surface area contributed by atoms with Gasteiger partial charge in [-0.1, -0.05) is 30.3 Å². The van der Waals surface area contributed by atoms with E-state index in [1.807, 2.05) is 18.7 Å². The van der Waals surface area contributed by atoms with Crippen molar-refractivity contribution >= 4 is 5.91 Å². The van der Waals surface area contributed by atoms with Crippen molar-refractivity contribution in [1.29, 1.82) is 0 Å². The Balaban J connectivity index is 1.42. The van der Waals surface area contributed by atoms with Gasteiger partial charge in [-0.2, -0.15) is 0 Å². The van der Waals surface area contributed by atoms with Crippen molar-refractivity contribution in [3.63, 3.8) is 0 Å². The minimum absolute atomic E-state index is 0.102. The van der Waals surface area contributed by atoms with Crippen molar-refractivity contribution in [2.45, 2.75) is 45.6 Å². The molecule has 3 saturated heterocycles. The average molecular weight is 394 g/mol. The molecule has 29 heavy (non-hydrogen) atoms. The van der Waals surface area contributed by atoms with Gasteiger partial charge in [0.15, 0.2) is 0 Å². The molecular weight excluding hydrogens is 362 g/mol. The zero-order chi connectivity index (χ0) is 20.4. The summed E-state index contributed by atoms with van der Waals surface area (Å²) in [7, 11) is 0. The normalized spacial score (nSPS) is 21.9. The fraction of sp³-hybridized carbons (Fsp3) is 0.500. The third-order valence-electron chi connectivity index (χ3n) is 6.56. The Morgan fingerprint density at radius 3 is 2.69 bits per heavy atom. The zero-order valence-electron chi connectivity index (χ0n) is 17.5. The van der Waals surface area contributed by atoms with E-state index >= 15 is 0 Å². The van der Waals surface area contributed by atoms with E-state index in [2.05, 4.69) is 40.2 Å². The molecule has 0 saturated carbocycles. The van der Waals surface area contributed by atoms with Crippen LogP contribution in [-0.2, 0) is 6.42 Å². The lowest BCUT2D eigenvalue weighted by molar-refractivity contribution is 0.0583. The number of H-pyrrole nitrogens is 1. The Morgan fingerprint density at radius 2 is 1.90 bits per heavy atom. The van der Waals surface area contributed by atoms with E-state index in [0.29, 0.717) is 5.92 Å². The van der Waals surface area contributed by atoms with Crippen LogP contribution in [0, 0.1) is 19.8 Å². The van der Waals surface area contributed by atoms with Crippen molar-refractivity contribution in [3.8, 4) is 0 Å². The number of amides is 1. The number of carbonyl (C=O) groups is 1. The molecule has 1 amide bonds. The van der Waals surface area contributed by atoms with Crippen molar-refractivity contribution < 1.29 is 4.79 Å². The number of hydrogen-bond acceptors (Lipinski definition) is 3. The molecule has 2 bridgehead atoms. The number of hydrogen-bond donors (Lipinski definition) is 1. The molecule has 5 nitrogen and oxygen atoms in total. The third kappa shape index (κ3) is 4.45. The van der Waals surface area contributed by atoms with Gasteiger partial charge in [0, 0.05) is 31.4 Å². The summed E-state index contributed by atoms with van der Waals surface area (Å²) in [6.07, 6.45) is 4.43. The summed E-state index contributed by atoms with van der Waals surface area (Å²) in [4.78, 5) is 32.9. The lowest BCUT2D eigenvalue weighted by atomic mass is 9.94. The van der Waals surface area contributed by atoms with E-state index in [0.717, 1.165) is 56.7 Å². The van der Waals surface area contributed by atoms with E-state index in [-0.39, 0.29) is 23.1 Å². The second kappa shape index (κ2) is 8.54. The molecule has 1 N–H and O–H groups in total. The van der Waals surface area contributed by atoms with Crippen molar-refractivity contribution in [2.24, 2.45) is 5.92 Å². The quantitative estimate of drug-likeness (QED) is 0.849. The topological polar surface area (TPSA) is 56.4 Å². The predicted octanol–water partition coefficient (Wildman–Crippen LogP) is 3.16. The second-order valence-corrected chi connectivity index (χ2v) is 8.72. The number of aromatic nitrogens is 1. The molecule has 1 aromatic heterocycles. The Morgan fingerprint density at radius 1 is 1.10 bits per heavy atom. The molecule has 5 rings (SSSR count). The fourth-order valence-corrected chi connectivity index (χ4v) is 4.80. The number of aryl methyl sites for hydroxylation is 3. The van der Waals surface area contributed by atoms with Crippen LogP contribution >= 0.6 is 0 Å². The molecule has 0 unspecified atom stereocenters. The van der Waals surface area contributed by atoms with Gasteiger partial charge < -0.3 is 14.8 Å². The van der Waals surface area contributed by atoms with E-state index in [1.54, 1.807) is 6.07 Å². The molecule has 3 aliphatic heterocycles. The second-order valence-electron chi connectivity index (χ2n) is 8.72. The van der Waals surface area contributed by atoms with Gasteiger partial charge in [0.25, 0.3) is 11.5 Å². The predicted molar refractivity (Wildman–Crippen MR) is 115 cm³/mol. The van der Waals surface area contributed by atoms with Crippen LogP contribution in [0.2, 0.25) is 0 Å². The molecule has 1 aromatic carbocycles. The van der Waals surface area contributed by atoms with Gasteiger partial charge in [-0.25, -0.2) is 0 Å². The van der Waals surface area contributed by atoms with Gasteiger partial charge in [0.1, 0.15) is 5.56 Å². The van der Waals surface area contributed by atoms with Crippen LogP contribution in [0.5, 0.6) is 0 Å². The van der Waals surface area contributed by atoms with Gasteiger partial charge in [-0.3, -0.25) is 9.59 Å². The number of rotatable bonds is 5. The molecule has 3 aliphatic rings. The van der Waals surface area contributed by atoms with Crippen LogP contribution in [0.3, 0.4) is 0 Å². The minimum atomic E-state index is -0.266. The smallest absolute Gasteiger partial charge is 0.261 e. The lowest BCUT2D eigenvalue weighted by Crippen LogP contribution is -2.48. The number of nitrogens with zero attached hydrogens (tertiary/aromatic N) is 2. The maximum atomic E-state index is 13.2. The molecule has 0 radical (unpaired) electrons. The standard InChI is InChI=1S/C24H31N3O2/c1-17-13-22(23(28)25-18(17)2)24(29)27-15-20-10-11-21(27)16-26(14-20)12-6-9-19-7-4-3-5-8-19/h3-5,7-8,13,20-21H,6,9-12,14-16H2,1-2H3,(H,25,28)/t20-,21+/m0/s1. The van der Waals surface area contributed by atoms with Crippen molar-refractivity contribution in [2.75, 3.05) is 26.2 Å². The average Bonchev–Trinajstić information content (AvgIpc) is 3.02. The highest BCUT2D eigenvalue weighted by Crippen LogP contribution is 2.29. The van der Waals surface area contributed by atoms with Crippen LogP contribution in [0.1, 0.15) is 46.4 Å². The number of fused-ring (bicyclic) bond motifs is 4. The number of nitrogens with one attached hydrogen (secondary N) is 1. The number of carbonyl (C=O) groups excluding carboxylic acids is 1. The molecule has 2 aromatic rings. The van der Waals surface area contributed by atoms with Gasteiger partial charge in [0.2, 0.25) is 0 Å².